The van der Waals surface area contributed by atoms with E-state index in [0.717, 1.165) is 16.9 Å². The van der Waals surface area contributed by atoms with Gasteiger partial charge in [0.1, 0.15) is 0 Å². The number of hydrogen-bond donors (Lipinski definition) is 3. The molecule has 0 bridgehead atoms. The Bertz CT molecular complexity index is 955. The zero-order valence-electron chi connectivity index (χ0n) is 15.9. The Morgan fingerprint density at radius 3 is 2.29 bits per heavy atom. The average molecular weight is 390 g/mol. The molecule has 0 saturated heterocycles. The quantitative estimate of drug-likeness (QED) is 0.519. The summed E-state index contributed by atoms with van der Waals surface area (Å²) in [6.45, 7) is 4.08. The van der Waals surface area contributed by atoms with Crippen molar-refractivity contribution < 1.29 is 4.79 Å². The largest absolute Gasteiger partial charge is 0.356 e. The van der Waals surface area contributed by atoms with Crippen LogP contribution in [0.15, 0.2) is 78.9 Å². The van der Waals surface area contributed by atoms with Crippen molar-refractivity contribution in [3.63, 3.8) is 0 Å². The number of benzene rings is 3. The Balaban J connectivity index is 1.61. The third-order valence-corrected chi connectivity index (χ3v) is 4.56. The number of carbonyl (C=O) groups is 1. The molecule has 3 aromatic rings. The molecule has 1 amide bonds. The van der Waals surface area contributed by atoms with Gasteiger partial charge in [0.05, 0.1) is 6.04 Å². The van der Waals surface area contributed by atoms with Crippen LogP contribution >= 0.6 is 12.2 Å². The highest BCUT2D eigenvalue weighted by Gasteiger charge is 2.10. The van der Waals surface area contributed by atoms with E-state index in [2.05, 4.69) is 16.0 Å². The number of rotatable bonds is 5. The van der Waals surface area contributed by atoms with Gasteiger partial charge in [-0.1, -0.05) is 48.0 Å². The van der Waals surface area contributed by atoms with Crippen LogP contribution in [0.5, 0.6) is 0 Å². The molecule has 0 aliphatic heterocycles. The summed E-state index contributed by atoms with van der Waals surface area (Å²) in [6.07, 6.45) is 0. The second kappa shape index (κ2) is 9.15. The molecule has 3 N–H and O–H groups in total. The Morgan fingerprint density at radius 2 is 1.57 bits per heavy atom. The van der Waals surface area contributed by atoms with Crippen LogP contribution in [-0.4, -0.2) is 11.0 Å². The molecule has 0 aliphatic carbocycles. The normalized spacial score (nSPS) is 11.4. The van der Waals surface area contributed by atoms with E-state index in [1.165, 1.54) is 5.56 Å². The number of hydrogen-bond acceptors (Lipinski definition) is 2. The molecule has 3 rings (SSSR count). The van der Waals surface area contributed by atoms with Crippen LogP contribution in [0.4, 0.5) is 11.4 Å². The van der Waals surface area contributed by atoms with Gasteiger partial charge in [0, 0.05) is 16.9 Å². The second-order valence-corrected chi connectivity index (χ2v) is 7.04. The number of thiocarbonyl (C=S) groups is 1. The minimum Gasteiger partial charge on any atom is -0.356 e. The van der Waals surface area contributed by atoms with Gasteiger partial charge in [-0.2, -0.15) is 0 Å². The van der Waals surface area contributed by atoms with E-state index in [0.29, 0.717) is 10.7 Å². The molecule has 1 atom stereocenters. The fourth-order valence-corrected chi connectivity index (χ4v) is 3.06. The summed E-state index contributed by atoms with van der Waals surface area (Å²) in [5.74, 6) is -0.130. The van der Waals surface area contributed by atoms with Gasteiger partial charge >= 0.3 is 0 Å². The zero-order valence-corrected chi connectivity index (χ0v) is 16.7. The van der Waals surface area contributed by atoms with Crippen molar-refractivity contribution in [2.24, 2.45) is 0 Å². The molecule has 0 heterocycles. The topological polar surface area (TPSA) is 53.2 Å². The van der Waals surface area contributed by atoms with Crippen molar-refractivity contribution >= 4 is 34.6 Å². The number of nitrogens with one attached hydrogen (secondary N) is 3. The molecule has 0 saturated carbocycles. The number of aryl methyl sites for hydroxylation is 1. The summed E-state index contributed by atoms with van der Waals surface area (Å²) >= 11 is 5.42. The minimum absolute atomic E-state index is 0.0148. The van der Waals surface area contributed by atoms with Crippen LogP contribution in [-0.2, 0) is 0 Å². The predicted octanol–water partition coefficient (Wildman–Crippen LogP) is 5.29. The molecule has 0 fully saturated rings. The second-order valence-electron chi connectivity index (χ2n) is 6.63. The van der Waals surface area contributed by atoms with Gasteiger partial charge < -0.3 is 16.0 Å². The van der Waals surface area contributed by atoms with Crippen LogP contribution in [0, 0.1) is 6.92 Å². The van der Waals surface area contributed by atoms with Crippen LogP contribution < -0.4 is 16.0 Å². The predicted molar refractivity (Wildman–Crippen MR) is 120 cm³/mol. The van der Waals surface area contributed by atoms with E-state index in [1.54, 1.807) is 12.1 Å². The van der Waals surface area contributed by atoms with Crippen molar-refractivity contribution in [1.82, 2.24) is 5.32 Å². The van der Waals surface area contributed by atoms with E-state index in [9.17, 15) is 4.79 Å². The molecular formula is C23H23N3OS. The van der Waals surface area contributed by atoms with Gasteiger partial charge in [0.2, 0.25) is 0 Å². The van der Waals surface area contributed by atoms with E-state index in [1.807, 2.05) is 80.6 Å². The Hall–Kier alpha value is -3.18. The maximum atomic E-state index is 12.3. The number of anilines is 2. The highest BCUT2D eigenvalue weighted by molar-refractivity contribution is 7.80. The third-order valence-electron chi connectivity index (χ3n) is 4.34. The van der Waals surface area contributed by atoms with Crippen molar-refractivity contribution in [3.8, 4) is 0 Å². The zero-order chi connectivity index (χ0) is 19.9. The van der Waals surface area contributed by atoms with Gasteiger partial charge in [0.15, 0.2) is 5.11 Å². The average Bonchev–Trinajstić information content (AvgIpc) is 2.70. The standard InChI is InChI=1S/C23H23N3OS/c1-16-11-13-20(14-12-16)26-23(28)24-17(2)19-9-6-10-21(15-19)25-22(27)18-7-4-3-5-8-18/h3-15,17H,1-2H3,(H,25,27)(H2,24,26,28). The highest BCUT2D eigenvalue weighted by Crippen LogP contribution is 2.18. The summed E-state index contributed by atoms with van der Waals surface area (Å²) in [5, 5.41) is 9.96. The lowest BCUT2D eigenvalue weighted by molar-refractivity contribution is 0.102. The van der Waals surface area contributed by atoms with Crippen molar-refractivity contribution in [3.05, 3.63) is 95.6 Å². The molecule has 5 heteroatoms. The molecule has 3 aromatic carbocycles. The van der Waals surface area contributed by atoms with Gasteiger partial charge in [-0.05, 0) is 68.0 Å². The minimum atomic E-state index is -0.130. The maximum Gasteiger partial charge on any atom is 0.255 e. The molecule has 1 unspecified atom stereocenters. The van der Waals surface area contributed by atoms with Gasteiger partial charge in [-0.3, -0.25) is 4.79 Å². The van der Waals surface area contributed by atoms with Crippen LogP contribution in [0.2, 0.25) is 0 Å². The SMILES string of the molecule is Cc1ccc(NC(=S)NC(C)c2cccc(NC(=O)c3ccccc3)c2)cc1. The molecule has 142 valence electrons. The Kier molecular flexibility index (Phi) is 6.40. The number of carbonyl (C=O) groups excluding carboxylic acids is 1. The summed E-state index contributed by atoms with van der Waals surface area (Å²) in [4.78, 5) is 12.3. The molecule has 4 nitrogen and oxygen atoms in total. The van der Waals surface area contributed by atoms with E-state index < -0.39 is 0 Å². The molecule has 0 aromatic heterocycles. The number of amides is 1. The first-order chi connectivity index (χ1) is 13.5. The van der Waals surface area contributed by atoms with Crippen molar-refractivity contribution in [1.29, 1.82) is 0 Å². The van der Waals surface area contributed by atoms with Crippen molar-refractivity contribution in [2.75, 3.05) is 10.6 Å². The Labute approximate surface area is 171 Å². The lowest BCUT2D eigenvalue weighted by Crippen LogP contribution is -2.30. The molecular weight excluding hydrogens is 366 g/mol. The monoisotopic (exact) mass is 389 g/mol. The first kappa shape index (κ1) is 19.6. The van der Waals surface area contributed by atoms with Gasteiger partial charge in [-0.15, -0.1) is 0 Å². The summed E-state index contributed by atoms with van der Waals surface area (Å²) in [7, 11) is 0. The Morgan fingerprint density at radius 1 is 0.857 bits per heavy atom. The molecule has 0 radical (unpaired) electrons. The lowest BCUT2D eigenvalue weighted by Gasteiger charge is -2.18. The molecule has 28 heavy (non-hydrogen) atoms. The fraction of sp³-hybridized carbons (Fsp3) is 0.130. The first-order valence-electron chi connectivity index (χ1n) is 9.12. The first-order valence-corrected chi connectivity index (χ1v) is 9.52. The molecule has 0 aliphatic rings. The summed E-state index contributed by atoms with van der Waals surface area (Å²) < 4.78 is 0. The van der Waals surface area contributed by atoms with Crippen LogP contribution in [0.25, 0.3) is 0 Å². The molecule has 0 spiro atoms. The van der Waals surface area contributed by atoms with Gasteiger partial charge in [-0.25, -0.2) is 0 Å². The fourth-order valence-electron chi connectivity index (χ4n) is 2.76. The summed E-state index contributed by atoms with van der Waals surface area (Å²) in [5.41, 5.74) is 4.55. The highest BCUT2D eigenvalue weighted by atomic mass is 32.1. The van der Waals surface area contributed by atoms with Crippen molar-refractivity contribution in [2.45, 2.75) is 19.9 Å². The lowest BCUT2D eigenvalue weighted by atomic mass is 10.1. The van der Waals surface area contributed by atoms with E-state index in [4.69, 9.17) is 12.2 Å². The van der Waals surface area contributed by atoms with Crippen LogP contribution in [0.3, 0.4) is 0 Å². The van der Waals surface area contributed by atoms with Gasteiger partial charge in [0.25, 0.3) is 5.91 Å². The smallest absolute Gasteiger partial charge is 0.255 e. The van der Waals surface area contributed by atoms with E-state index >= 15 is 0 Å². The third kappa shape index (κ3) is 5.41. The maximum absolute atomic E-state index is 12.3. The van der Waals surface area contributed by atoms with E-state index in [-0.39, 0.29) is 11.9 Å². The summed E-state index contributed by atoms with van der Waals surface area (Å²) in [6, 6.07) is 25.0. The van der Waals surface area contributed by atoms with Crippen LogP contribution in [0.1, 0.15) is 34.5 Å².